The molecule has 9 nitrogen and oxygen atoms in total. The van der Waals surface area contributed by atoms with Crippen LogP contribution in [0.4, 0.5) is 5.69 Å². The standard InChI is InChI=1S/C26H34N6O3/c1-14-4-6-30(10-14)17-7-15(2)23-28-22(29-32(23)11-17)24(33)27-16-8-26(9-16)5-3-20(26)31-12-18-19(13-31)21(18)25(34)35/h7,11,14,16,18-21H,3-6,8-10,12-13H2,1-2H3,(H,27,33)(H,34,35). The van der Waals surface area contributed by atoms with Gasteiger partial charge < -0.3 is 15.3 Å². The second kappa shape index (κ2) is 7.41. The predicted octanol–water partition coefficient (Wildman–Crippen LogP) is 2.19. The third kappa shape index (κ3) is 3.30. The number of anilines is 1. The number of likely N-dealkylation sites (tertiary alicyclic amines) is 1. The predicted molar refractivity (Wildman–Crippen MR) is 129 cm³/mol. The number of carbonyl (C=O) groups is 2. The van der Waals surface area contributed by atoms with Crippen molar-refractivity contribution >= 4 is 23.2 Å². The van der Waals surface area contributed by atoms with E-state index < -0.39 is 5.97 Å². The number of rotatable bonds is 5. The molecule has 1 amide bonds. The topological polar surface area (TPSA) is 103 Å². The van der Waals surface area contributed by atoms with Crippen LogP contribution in [-0.4, -0.2) is 74.7 Å². The molecule has 2 aliphatic heterocycles. The number of amides is 1. The molecule has 2 aromatic heterocycles. The number of carboxylic acid groups (broad SMARTS) is 1. The van der Waals surface area contributed by atoms with Crippen molar-refractivity contribution < 1.29 is 14.7 Å². The first-order chi connectivity index (χ1) is 16.8. The Bertz CT molecular complexity index is 1210. The molecule has 1 spiro atoms. The Morgan fingerprint density at radius 1 is 1.17 bits per heavy atom. The summed E-state index contributed by atoms with van der Waals surface area (Å²) in [7, 11) is 0. The summed E-state index contributed by atoms with van der Waals surface area (Å²) >= 11 is 0. The minimum absolute atomic E-state index is 0.104. The van der Waals surface area contributed by atoms with Gasteiger partial charge in [0.05, 0.1) is 17.8 Å². The zero-order valence-corrected chi connectivity index (χ0v) is 20.5. The van der Waals surface area contributed by atoms with Crippen LogP contribution in [-0.2, 0) is 4.79 Å². The summed E-state index contributed by atoms with van der Waals surface area (Å²) in [4.78, 5) is 33.8. The smallest absolute Gasteiger partial charge is 0.307 e. The Hall–Kier alpha value is -2.68. The lowest BCUT2D eigenvalue weighted by Crippen LogP contribution is -2.65. The summed E-state index contributed by atoms with van der Waals surface area (Å²) in [6.45, 7) is 8.29. The van der Waals surface area contributed by atoms with Crippen LogP contribution < -0.4 is 10.2 Å². The molecule has 5 aliphatic rings. The van der Waals surface area contributed by atoms with Crippen molar-refractivity contribution in [1.29, 1.82) is 0 Å². The van der Waals surface area contributed by atoms with E-state index in [9.17, 15) is 14.7 Å². The molecule has 35 heavy (non-hydrogen) atoms. The molecular formula is C26H34N6O3. The quantitative estimate of drug-likeness (QED) is 0.679. The van der Waals surface area contributed by atoms with Crippen molar-refractivity contribution in [2.24, 2.45) is 29.1 Å². The summed E-state index contributed by atoms with van der Waals surface area (Å²) in [5, 5.41) is 17.0. The number of pyridine rings is 1. The first-order valence-electron chi connectivity index (χ1n) is 13.2. The van der Waals surface area contributed by atoms with Gasteiger partial charge in [-0.15, -0.1) is 5.10 Å². The number of piperidine rings is 1. The first-order valence-corrected chi connectivity index (χ1v) is 13.2. The van der Waals surface area contributed by atoms with E-state index in [-0.39, 0.29) is 23.7 Å². The van der Waals surface area contributed by atoms with E-state index in [1.165, 1.54) is 19.3 Å². The van der Waals surface area contributed by atoms with Crippen LogP contribution in [0.3, 0.4) is 0 Å². The molecule has 7 rings (SSSR count). The highest BCUT2D eigenvalue weighted by Crippen LogP contribution is 2.61. The van der Waals surface area contributed by atoms with Gasteiger partial charge in [-0.2, -0.15) is 0 Å². The summed E-state index contributed by atoms with van der Waals surface area (Å²) < 4.78 is 1.76. The van der Waals surface area contributed by atoms with Gasteiger partial charge >= 0.3 is 5.97 Å². The van der Waals surface area contributed by atoms with Crippen LogP contribution >= 0.6 is 0 Å². The number of nitrogens with zero attached hydrogens (tertiary/aromatic N) is 5. The Balaban J connectivity index is 0.979. The Morgan fingerprint density at radius 3 is 2.57 bits per heavy atom. The summed E-state index contributed by atoms with van der Waals surface area (Å²) in [5.74, 6) is 0.748. The van der Waals surface area contributed by atoms with Gasteiger partial charge in [-0.05, 0) is 73.8 Å². The van der Waals surface area contributed by atoms with Gasteiger partial charge in [0.2, 0.25) is 5.82 Å². The highest BCUT2D eigenvalue weighted by molar-refractivity contribution is 5.91. The number of carboxylic acids is 1. The molecule has 0 aromatic carbocycles. The van der Waals surface area contributed by atoms with Crippen LogP contribution in [0.15, 0.2) is 12.3 Å². The molecule has 2 N–H and O–H groups in total. The molecule has 5 fully saturated rings. The van der Waals surface area contributed by atoms with Crippen molar-refractivity contribution in [3.63, 3.8) is 0 Å². The lowest BCUT2D eigenvalue weighted by Gasteiger charge is -2.62. The van der Waals surface area contributed by atoms with Crippen LogP contribution in [0.2, 0.25) is 0 Å². The average molecular weight is 479 g/mol. The van der Waals surface area contributed by atoms with E-state index in [1.54, 1.807) is 4.52 Å². The maximum atomic E-state index is 13.0. The van der Waals surface area contributed by atoms with E-state index >= 15 is 0 Å². The van der Waals surface area contributed by atoms with Gasteiger partial charge in [0.15, 0.2) is 5.65 Å². The monoisotopic (exact) mass is 478 g/mol. The number of aryl methyl sites for hydroxylation is 1. The van der Waals surface area contributed by atoms with Crippen LogP contribution in [0.1, 0.15) is 55.2 Å². The van der Waals surface area contributed by atoms with Crippen LogP contribution in [0.5, 0.6) is 0 Å². The number of hydrogen-bond donors (Lipinski definition) is 2. The fourth-order valence-corrected chi connectivity index (χ4v) is 7.75. The molecule has 4 atom stereocenters. The zero-order chi connectivity index (χ0) is 24.1. The Kier molecular flexibility index (Phi) is 4.57. The Morgan fingerprint density at radius 2 is 1.94 bits per heavy atom. The molecule has 3 saturated carbocycles. The van der Waals surface area contributed by atoms with Crippen molar-refractivity contribution in [3.8, 4) is 0 Å². The second-order valence-electron chi connectivity index (χ2n) is 12.1. The van der Waals surface area contributed by atoms with Gasteiger partial charge in [-0.1, -0.05) is 6.92 Å². The molecule has 2 saturated heterocycles. The molecule has 9 heteroatoms. The minimum atomic E-state index is -0.619. The molecule has 4 heterocycles. The largest absolute Gasteiger partial charge is 0.481 e. The van der Waals surface area contributed by atoms with Crippen molar-refractivity contribution in [2.75, 3.05) is 31.1 Å². The molecule has 0 bridgehead atoms. The molecule has 0 radical (unpaired) electrons. The van der Waals surface area contributed by atoms with Gasteiger partial charge in [-0.3, -0.25) is 14.5 Å². The van der Waals surface area contributed by atoms with Gasteiger partial charge in [0.1, 0.15) is 0 Å². The van der Waals surface area contributed by atoms with Crippen molar-refractivity contribution in [3.05, 3.63) is 23.7 Å². The third-order valence-corrected chi connectivity index (χ3v) is 9.81. The molecule has 186 valence electrons. The van der Waals surface area contributed by atoms with Crippen LogP contribution in [0, 0.1) is 36.0 Å². The third-order valence-electron chi connectivity index (χ3n) is 9.81. The molecule has 2 aromatic rings. The van der Waals surface area contributed by atoms with Crippen LogP contribution in [0.25, 0.3) is 5.65 Å². The average Bonchev–Trinajstić information content (AvgIpc) is 3.16. The number of aliphatic carboxylic acids is 1. The lowest BCUT2D eigenvalue weighted by molar-refractivity contribution is -0.140. The Labute approximate surface area is 204 Å². The summed E-state index contributed by atoms with van der Waals surface area (Å²) in [5.41, 5.74) is 3.21. The normalized spacial score (nSPS) is 37.8. The number of hydrogen-bond acceptors (Lipinski definition) is 6. The number of nitrogens with one attached hydrogen (secondary N) is 1. The number of carbonyl (C=O) groups excluding carboxylic acids is 1. The van der Waals surface area contributed by atoms with E-state index in [1.807, 2.05) is 13.1 Å². The highest BCUT2D eigenvalue weighted by Gasteiger charge is 2.64. The fourth-order valence-electron chi connectivity index (χ4n) is 7.75. The van der Waals surface area contributed by atoms with Crippen molar-refractivity contribution in [1.82, 2.24) is 24.8 Å². The van der Waals surface area contributed by atoms with E-state index in [0.717, 1.165) is 55.9 Å². The first kappa shape index (κ1) is 21.6. The molecular weight excluding hydrogens is 444 g/mol. The maximum absolute atomic E-state index is 13.0. The second-order valence-corrected chi connectivity index (χ2v) is 12.1. The minimum Gasteiger partial charge on any atom is -0.481 e. The zero-order valence-electron chi connectivity index (χ0n) is 20.5. The van der Waals surface area contributed by atoms with E-state index in [0.29, 0.717) is 29.2 Å². The molecule has 3 aliphatic carbocycles. The van der Waals surface area contributed by atoms with Crippen molar-refractivity contribution in [2.45, 2.75) is 58.0 Å². The van der Waals surface area contributed by atoms with E-state index in [4.69, 9.17) is 0 Å². The van der Waals surface area contributed by atoms with Gasteiger partial charge in [0.25, 0.3) is 5.91 Å². The highest BCUT2D eigenvalue weighted by atomic mass is 16.4. The lowest BCUT2D eigenvalue weighted by atomic mass is 9.50. The van der Waals surface area contributed by atoms with Gasteiger partial charge in [0, 0.05) is 38.3 Å². The maximum Gasteiger partial charge on any atom is 0.307 e. The number of aromatic nitrogens is 3. The van der Waals surface area contributed by atoms with Gasteiger partial charge in [-0.25, -0.2) is 9.50 Å². The fraction of sp³-hybridized carbons (Fsp3) is 0.692. The SMILES string of the molecule is Cc1cc(N2CCC(C)C2)cn2nc(C(=O)NC3CC4(CCC4N4CC5C(C4)C5C(=O)O)C3)nc12. The van der Waals surface area contributed by atoms with E-state index in [2.05, 4.69) is 38.2 Å². The number of fused-ring (bicyclic) bond motifs is 2. The summed E-state index contributed by atoms with van der Waals surface area (Å²) in [6, 6.07) is 2.88. The summed E-state index contributed by atoms with van der Waals surface area (Å²) in [6.07, 6.45) is 7.61. The molecule has 4 unspecified atom stereocenters.